The van der Waals surface area contributed by atoms with E-state index in [-0.39, 0.29) is 36.7 Å². The number of Topliss-reactive ketones (excluding diaryl/α,β-unsaturated/α-hetero) is 1. The van der Waals surface area contributed by atoms with E-state index in [4.69, 9.17) is 0 Å². The molecule has 0 aliphatic heterocycles. The SMILES string of the molecule is CC(=O)c1ccncc1.Cl.Cl.N. The highest BCUT2D eigenvalue weighted by molar-refractivity contribution is 5.93. The molecule has 0 radical (unpaired) electrons. The summed E-state index contributed by atoms with van der Waals surface area (Å²) in [6, 6.07) is 3.39. The molecule has 0 spiro atoms. The number of hydrogen-bond donors (Lipinski definition) is 1. The summed E-state index contributed by atoms with van der Waals surface area (Å²) in [5.41, 5.74) is 0.713. The number of hydrogen-bond acceptors (Lipinski definition) is 3. The Bertz CT molecular complexity index is 216. The van der Waals surface area contributed by atoms with Crippen molar-refractivity contribution in [1.29, 1.82) is 0 Å². The fourth-order valence-electron chi connectivity index (χ4n) is 0.587. The lowest BCUT2D eigenvalue weighted by Gasteiger charge is -1.88. The molecular formula is C7H12Cl2N2O. The summed E-state index contributed by atoms with van der Waals surface area (Å²) in [5.74, 6) is 0.0809. The number of aromatic nitrogens is 1. The highest BCUT2D eigenvalue weighted by Crippen LogP contribution is 1.95. The predicted molar refractivity (Wildman–Crippen MR) is 53.8 cm³/mol. The molecule has 5 heteroatoms. The molecule has 0 unspecified atom stereocenters. The van der Waals surface area contributed by atoms with E-state index in [1.54, 1.807) is 24.5 Å². The lowest BCUT2D eigenvalue weighted by Crippen LogP contribution is -1.89. The van der Waals surface area contributed by atoms with Gasteiger partial charge in [0.25, 0.3) is 0 Å². The first-order valence-electron chi connectivity index (χ1n) is 2.71. The Balaban J connectivity index is -0.000000270. The van der Waals surface area contributed by atoms with Gasteiger partial charge in [-0.3, -0.25) is 9.78 Å². The van der Waals surface area contributed by atoms with Gasteiger partial charge >= 0.3 is 0 Å². The molecule has 0 saturated carbocycles. The van der Waals surface area contributed by atoms with Crippen LogP contribution in [0.2, 0.25) is 0 Å². The number of carbonyl (C=O) groups excluding carboxylic acids is 1. The maximum absolute atomic E-state index is 10.6. The van der Waals surface area contributed by atoms with Crippen LogP contribution in [0, 0.1) is 0 Å². The molecule has 3 N–H and O–H groups in total. The van der Waals surface area contributed by atoms with Crippen molar-refractivity contribution in [2.24, 2.45) is 0 Å². The van der Waals surface area contributed by atoms with Gasteiger partial charge in [0.05, 0.1) is 0 Å². The third-order valence-electron chi connectivity index (χ3n) is 1.09. The quantitative estimate of drug-likeness (QED) is 0.724. The van der Waals surface area contributed by atoms with Crippen molar-refractivity contribution >= 4 is 30.6 Å². The summed E-state index contributed by atoms with van der Waals surface area (Å²) < 4.78 is 0. The minimum atomic E-state index is 0. The number of pyridine rings is 1. The topological polar surface area (TPSA) is 65.0 Å². The molecule has 1 aromatic rings. The average molecular weight is 211 g/mol. The van der Waals surface area contributed by atoms with Crippen molar-refractivity contribution < 1.29 is 4.79 Å². The van der Waals surface area contributed by atoms with Gasteiger partial charge in [0.1, 0.15) is 0 Å². The predicted octanol–water partition coefficient (Wildman–Crippen LogP) is 2.29. The standard InChI is InChI=1S/C7H7NO.2ClH.H3N/c1-6(9)7-2-4-8-5-3-7;;;/h2-5H,1H3;2*1H;1H3. The second-order valence-corrected chi connectivity index (χ2v) is 1.79. The molecule has 0 aliphatic rings. The first-order valence-corrected chi connectivity index (χ1v) is 2.71. The van der Waals surface area contributed by atoms with E-state index in [1.807, 2.05) is 0 Å². The van der Waals surface area contributed by atoms with Gasteiger partial charge in [-0.1, -0.05) is 0 Å². The highest BCUT2D eigenvalue weighted by Gasteiger charge is 1.93. The van der Waals surface area contributed by atoms with Gasteiger partial charge in [-0.25, -0.2) is 0 Å². The highest BCUT2D eigenvalue weighted by atomic mass is 35.5. The molecule has 3 nitrogen and oxygen atoms in total. The second kappa shape index (κ2) is 8.46. The first-order chi connectivity index (χ1) is 4.30. The Hall–Kier alpha value is -0.640. The van der Waals surface area contributed by atoms with E-state index < -0.39 is 0 Å². The number of carbonyl (C=O) groups is 1. The summed E-state index contributed by atoms with van der Waals surface area (Å²) in [6.07, 6.45) is 3.22. The molecule has 0 aromatic carbocycles. The van der Waals surface area contributed by atoms with Crippen molar-refractivity contribution in [3.63, 3.8) is 0 Å². The second-order valence-electron chi connectivity index (χ2n) is 1.79. The lowest BCUT2D eigenvalue weighted by atomic mass is 10.2. The lowest BCUT2D eigenvalue weighted by molar-refractivity contribution is 0.101. The van der Waals surface area contributed by atoms with Crippen molar-refractivity contribution in [2.75, 3.05) is 0 Å². The molecule has 0 atom stereocenters. The van der Waals surface area contributed by atoms with Crippen LogP contribution in [0.4, 0.5) is 0 Å². The molecule has 0 aliphatic carbocycles. The Morgan fingerprint density at radius 3 is 1.92 bits per heavy atom. The molecule has 70 valence electrons. The first kappa shape index (κ1) is 17.4. The van der Waals surface area contributed by atoms with Gasteiger partial charge < -0.3 is 6.15 Å². The van der Waals surface area contributed by atoms with E-state index >= 15 is 0 Å². The van der Waals surface area contributed by atoms with Crippen LogP contribution in [-0.4, -0.2) is 10.8 Å². The van der Waals surface area contributed by atoms with Crippen LogP contribution in [0.5, 0.6) is 0 Å². The fourth-order valence-corrected chi connectivity index (χ4v) is 0.587. The van der Waals surface area contributed by atoms with Gasteiger partial charge in [-0.15, -0.1) is 24.8 Å². The van der Waals surface area contributed by atoms with E-state index in [1.165, 1.54) is 6.92 Å². The molecule has 0 fully saturated rings. The minimum Gasteiger partial charge on any atom is -0.344 e. The summed E-state index contributed by atoms with van der Waals surface area (Å²) in [4.78, 5) is 14.4. The molecular weight excluding hydrogens is 199 g/mol. The fraction of sp³-hybridized carbons (Fsp3) is 0.143. The molecule has 0 saturated heterocycles. The Labute approximate surface area is 84.0 Å². The summed E-state index contributed by atoms with van der Waals surface area (Å²) in [7, 11) is 0. The van der Waals surface area contributed by atoms with Gasteiger partial charge in [-0.05, 0) is 19.1 Å². The van der Waals surface area contributed by atoms with E-state index in [9.17, 15) is 4.79 Å². The van der Waals surface area contributed by atoms with Crippen LogP contribution in [0.25, 0.3) is 0 Å². The van der Waals surface area contributed by atoms with Gasteiger partial charge in [-0.2, -0.15) is 0 Å². The van der Waals surface area contributed by atoms with E-state index in [2.05, 4.69) is 4.98 Å². The molecule has 1 rings (SSSR count). The van der Waals surface area contributed by atoms with Crippen LogP contribution in [0.1, 0.15) is 17.3 Å². The van der Waals surface area contributed by atoms with Crippen LogP contribution < -0.4 is 6.15 Å². The van der Waals surface area contributed by atoms with Gasteiger partial charge in [0, 0.05) is 18.0 Å². The number of halogens is 2. The summed E-state index contributed by atoms with van der Waals surface area (Å²) in [5, 5.41) is 0. The third kappa shape index (κ3) is 5.07. The average Bonchev–Trinajstić information content (AvgIpc) is 1.90. The van der Waals surface area contributed by atoms with Crippen LogP contribution >= 0.6 is 24.8 Å². The monoisotopic (exact) mass is 210 g/mol. The van der Waals surface area contributed by atoms with Crippen LogP contribution in [-0.2, 0) is 0 Å². The van der Waals surface area contributed by atoms with Crippen molar-refractivity contribution in [3.8, 4) is 0 Å². The Morgan fingerprint density at radius 2 is 1.67 bits per heavy atom. The summed E-state index contributed by atoms with van der Waals surface area (Å²) >= 11 is 0. The van der Waals surface area contributed by atoms with Gasteiger partial charge in [0.2, 0.25) is 0 Å². The third-order valence-corrected chi connectivity index (χ3v) is 1.09. The van der Waals surface area contributed by atoms with Crippen molar-refractivity contribution in [2.45, 2.75) is 6.92 Å². The van der Waals surface area contributed by atoms with E-state index in [0.29, 0.717) is 5.56 Å². The zero-order valence-electron chi connectivity index (χ0n) is 6.69. The zero-order chi connectivity index (χ0) is 6.69. The molecule has 0 bridgehead atoms. The molecule has 12 heavy (non-hydrogen) atoms. The Kier molecular flexibility index (Phi) is 12.3. The Morgan fingerprint density at radius 1 is 1.25 bits per heavy atom. The van der Waals surface area contributed by atoms with Crippen LogP contribution in [0.3, 0.4) is 0 Å². The van der Waals surface area contributed by atoms with Gasteiger partial charge in [0.15, 0.2) is 5.78 Å². The minimum absolute atomic E-state index is 0. The number of ketones is 1. The molecule has 1 aromatic heterocycles. The molecule has 0 amide bonds. The normalized spacial score (nSPS) is 6.75. The van der Waals surface area contributed by atoms with Crippen molar-refractivity contribution in [1.82, 2.24) is 11.1 Å². The van der Waals surface area contributed by atoms with Crippen molar-refractivity contribution in [3.05, 3.63) is 30.1 Å². The number of nitrogens with zero attached hydrogens (tertiary/aromatic N) is 1. The maximum Gasteiger partial charge on any atom is 0.159 e. The van der Waals surface area contributed by atoms with E-state index in [0.717, 1.165) is 0 Å². The molecule has 1 heterocycles. The summed E-state index contributed by atoms with van der Waals surface area (Å²) in [6.45, 7) is 1.54. The maximum atomic E-state index is 10.6. The van der Waals surface area contributed by atoms with Crippen LogP contribution in [0.15, 0.2) is 24.5 Å². The zero-order valence-corrected chi connectivity index (χ0v) is 8.32. The smallest absolute Gasteiger partial charge is 0.159 e. The largest absolute Gasteiger partial charge is 0.344 e. The number of rotatable bonds is 1.